The number of para-hydroxylation sites is 1. The number of benzene rings is 2. The number of hydrogen-bond acceptors (Lipinski definition) is 2. The average molecular weight is 268 g/mol. The van der Waals surface area contributed by atoms with Crippen molar-refractivity contribution in [2.75, 3.05) is 18.5 Å². The Bertz CT molecular complexity index is 522. The van der Waals surface area contributed by atoms with Crippen LogP contribution in [0.25, 0.3) is 0 Å². The summed E-state index contributed by atoms with van der Waals surface area (Å²) in [6.45, 7) is 3.13. The van der Waals surface area contributed by atoms with Crippen molar-refractivity contribution in [3.05, 3.63) is 65.7 Å². The number of rotatable bonds is 6. The maximum atomic E-state index is 6.21. The topological polar surface area (TPSA) is 29.3 Å². The third kappa shape index (κ3) is 3.61. The molecule has 0 fully saturated rings. The Morgan fingerprint density at radius 2 is 1.65 bits per heavy atom. The molecule has 0 saturated carbocycles. The fourth-order valence-electron chi connectivity index (χ4n) is 2.43. The number of nitrogens with two attached hydrogens (primary N) is 1. The first-order valence-corrected chi connectivity index (χ1v) is 7.32. The Labute approximate surface area is 122 Å². The van der Waals surface area contributed by atoms with Crippen LogP contribution in [0.2, 0.25) is 0 Å². The molecule has 0 aliphatic rings. The first kappa shape index (κ1) is 14.6. The highest BCUT2D eigenvalue weighted by Crippen LogP contribution is 2.26. The van der Waals surface area contributed by atoms with Crippen LogP contribution >= 0.6 is 0 Å². The maximum absolute atomic E-state index is 6.21. The van der Waals surface area contributed by atoms with Gasteiger partial charge in [0, 0.05) is 25.3 Å². The third-order valence-corrected chi connectivity index (χ3v) is 3.77. The molecular formula is C18H24N2. The first-order valence-electron chi connectivity index (χ1n) is 7.32. The Morgan fingerprint density at radius 1 is 1.00 bits per heavy atom. The highest BCUT2D eigenvalue weighted by molar-refractivity contribution is 5.54. The zero-order valence-electron chi connectivity index (χ0n) is 12.4. The third-order valence-electron chi connectivity index (χ3n) is 3.77. The van der Waals surface area contributed by atoms with Gasteiger partial charge in [-0.05, 0) is 30.0 Å². The quantitative estimate of drug-likeness (QED) is 0.864. The minimum absolute atomic E-state index is 0.116. The Kier molecular flexibility index (Phi) is 5.19. The molecule has 0 spiro atoms. The predicted molar refractivity (Wildman–Crippen MR) is 87.1 cm³/mol. The molecule has 0 heterocycles. The summed E-state index contributed by atoms with van der Waals surface area (Å²) in [5.41, 5.74) is 10.1. The van der Waals surface area contributed by atoms with E-state index in [0.29, 0.717) is 0 Å². The summed E-state index contributed by atoms with van der Waals surface area (Å²) in [5.74, 6) is 0. The van der Waals surface area contributed by atoms with Crippen LogP contribution in [0.15, 0.2) is 54.6 Å². The lowest BCUT2D eigenvalue weighted by Gasteiger charge is -2.24. The van der Waals surface area contributed by atoms with Gasteiger partial charge in [-0.3, -0.25) is 0 Å². The second-order valence-corrected chi connectivity index (χ2v) is 5.23. The molecule has 2 aromatic rings. The van der Waals surface area contributed by atoms with Crippen molar-refractivity contribution in [1.29, 1.82) is 0 Å². The van der Waals surface area contributed by atoms with Gasteiger partial charge in [0.2, 0.25) is 0 Å². The van der Waals surface area contributed by atoms with Gasteiger partial charge < -0.3 is 10.6 Å². The number of hydrogen-bond donors (Lipinski definition) is 1. The molecule has 2 aromatic carbocycles. The van der Waals surface area contributed by atoms with Crippen molar-refractivity contribution in [2.24, 2.45) is 5.73 Å². The van der Waals surface area contributed by atoms with E-state index in [4.69, 9.17) is 5.73 Å². The Morgan fingerprint density at radius 3 is 2.35 bits per heavy atom. The average Bonchev–Trinajstić information content (AvgIpc) is 2.52. The standard InChI is InChI=1S/C18H24N2/c1-3-17(19)16-11-7-8-12-18(16)20(2)14-13-15-9-5-4-6-10-15/h4-12,17H,3,13-14,19H2,1-2H3/t17-/m1/s1. The van der Waals surface area contributed by atoms with E-state index in [1.807, 2.05) is 0 Å². The summed E-state index contributed by atoms with van der Waals surface area (Å²) >= 11 is 0. The molecule has 2 nitrogen and oxygen atoms in total. The van der Waals surface area contributed by atoms with E-state index in [1.165, 1.54) is 16.8 Å². The molecule has 0 aromatic heterocycles. The van der Waals surface area contributed by atoms with Gasteiger partial charge in [0.05, 0.1) is 0 Å². The molecule has 0 saturated heterocycles. The van der Waals surface area contributed by atoms with Crippen molar-refractivity contribution in [3.63, 3.8) is 0 Å². The summed E-state index contributed by atoms with van der Waals surface area (Å²) in [6, 6.07) is 19.2. The van der Waals surface area contributed by atoms with E-state index in [1.54, 1.807) is 0 Å². The Balaban J connectivity index is 2.07. The smallest absolute Gasteiger partial charge is 0.0412 e. The van der Waals surface area contributed by atoms with Crippen LogP contribution in [0, 0.1) is 0 Å². The normalized spacial score (nSPS) is 12.2. The molecule has 20 heavy (non-hydrogen) atoms. The van der Waals surface area contributed by atoms with E-state index in [0.717, 1.165) is 19.4 Å². The molecule has 0 unspecified atom stereocenters. The molecule has 0 radical (unpaired) electrons. The van der Waals surface area contributed by atoms with Crippen molar-refractivity contribution in [2.45, 2.75) is 25.8 Å². The lowest BCUT2D eigenvalue weighted by atomic mass is 10.0. The molecule has 0 aliphatic heterocycles. The minimum atomic E-state index is 0.116. The second kappa shape index (κ2) is 7.11. The van der Waals surface area contributed by atoms with Gasteiger partial charge in [0.25, 0.3) is 0 Å². The molecule has 106 valence electrons. The maximum Gasteiger partial charge on any atom is 0.0412 e. The fraction of sp³-hybridized carbons (Fsp3) is 0.333. The lowest BCUT2D eigenvalue weighted by molar-refractivity contribution is 0.694. The largest absolute Gasteiger partial charge is 0.374 e. The van der Waals surface area contributed by atoms with Gasteiger partial charge in [0.1, 0.15) is 0 Å². The minimum Gasteiger partial charge on any atom is -0.374 e. The molecule has 1 atom stereocenters. The molecule has 2 heteroatoms. The van der Waals surface area contributed by atoms with E-state index < -0.39 is 0 Å². The van der Waals surface area contributed by atoms with Crippen LogP contribution in [-0.2, 0) is 6.42 Å². The Hall–Kier alpha value is -1.80. The number of anilines is 1. The molecule has 0 amide bonds. The van der Waals surface area contributed by atoms with E-state index in [-0.39, 0.29) is 6.04 Å². The molecule has 2 rings (SSSR count). The highest BCUT2D eigenvalue weighted by atomic mass is 15.1. The van der Waals surface area contributed by atoms with Crippen LogP contribution < -0.4 is 10.6 Å². The van der Waals surface area contributed by atoms with Crippen molar-refractivity contribution >= 4 is 5.69 Å². The fourth-order valence-corrected chi connectivity index (χ4v) is 2.43. The van der Waals surface area contributed by atoms with Crippen LogP contribution in [0.1, 0.15) is 30.5 Å². The molecule has 0 bridgehead atoms. The summed E-state index contributed by atoms with van der Waals surface area (Å²) in [7, 11) is 2.14. The molecule has 2 N–H and O–H groups in total. The molecule has 0 aliphatic carbocycles. The van der Waals surface area contributed by atoms with Gasteiger partial charge in [-0.2, -0.15) is 0 Å². The van der Waals surface area contributed by atoms with Gasteiger partial charge in [-0.25, -0.2) is 0 Å². The van der Waals surface area contributed by atoms with Gasteiger partial charge in [0.15, 0.2) is 0 Å². The predicted octanol–water partition coefficient (Wildman–Crippen LogP) is 3.78. The highest BCUT2D eigenvalue weighted by Gasteiger charge is 2.11. The number of likely N-dealkylation sites (N-methyl/N-ethyl adjacent to an activating group) is 1. The van der Waals surface area contributed by atoms with Crippen LogP contribution in [0.3, 0.4) is 0 Å². The second-order valence-electron chi connectivity index (χ2n) is 5.23. The zero-order valence-corrected chi connectivity index (χ0v) is 12.4. The van der Waals surface area contributed by atoms with E-state index in [9.17, 15) is 0 Å². The zero-order chi connectivity index (χ0) is 14.4. The summed E-state index contributed by atoms with van der Waals surface area (Å²) in [5, 5.41) is 0. The summed E-state index contributed by atoms with van der Waals surface area (Å²) in [4.78, 5) is 2.30. The van der Waals surface area contributed by atoms with Gasteiger partial charge in [-0.1, -0.05) is 55.5 Å². The van der Waals surface area contributed by atoms with Crippen molar-refractivity contribution in [1.82, 2.24) is 0 Å². The first-order chi connectivity index (χ1) is 9.72. The lowest BCUT2D eigenvalue weighted by Crippen LogP contribution is -2.23. The van der Waals surface area contributed by atoms with Gasteiger partial charge in [-0.15, -0.1) is 0 Å². The van der Waals surface area contributed by atoms with E-state index >= 15 is 0 Å². The van der Waals surface area contributed by atoms with Gasteiger partial charge >= 0.3 is 0 Å². The van der Waals surface area contributed by atoms with Crippen molar-refractivity contribution < 1.29 is 0 Å². The monoisotopic (exact) mass is 268 g/mol. The number of nitrogens with zero attached hydrogens (tertiary/aromatic N) is 1. The van der Waals surface area contributed by atoms with Crippen LogP contribution in [0.4, 0.5) is 5.69 Å². The SMILES string of the molecule is CC[C@@H](N)c1ccccc1N(C)CCc1ccccc1. The molecular weight excluding hydrogens is 244 g/mol. The summed E-state index contributed by atoms with van der Waals surface area (Å²) < 4.78 is 0. The van der Waals surface area contributed by atoms with Crippen LogP contribution in [0.5, 0.6) is 0 Å². The van der Waals surface area contributed by atoms with E-state index in [2.05, 4.69) is 73.5 Å². The summed E-state index contributed by atoms with van der Waals surface area (Å²) in [6.07, 6.45) is 2.01. The van der Waals surface area contributed by atoms with Crippen LogP contribution in [-0.4, -0.2) is 13.6 Å². The van der Waals surface area contributed by atoms with Crippen molar-refractivity contribution in [3.8, 4) is 0 Å².